The third kappa shape index (κ3) is 2.10. The van der Waals surface area contributed by atoms with Crippen molar-refractivity contribution in [2.75, 3.05) is 14.2 Å². The number of esters is 2. The number of nitrogens with one attached hydrogen (secondary N) is 1. The summed E-state index contributed by atoms with van der Waals surface area (Å²) in [6.45, 7) is 0. The fourth-order valence-electron chi connectivity index (χ4n) is 3.20. The molecule has 0 fully saturated rings. The van der Waals surface area contributed by atoms with E-state index in [4.69, 9.17) is 9.47 Å². The van der Waals surface area contributed by atoms with Gasteiger partial charge >= 0.3 is 11.9 Å². The van der Waals surface area contributed by atoms with Crippen molar-refractivity contribution in [1.29, 1.82) is 0 Å². The molecule has 7 heteroatoms. The summed E-state index contributed by atoms with van der Waals surface area (Å²) in [5.41, 5.74) is 1.67. The minimum absolute atomic E-state index is 0.263. The van der Waals surface area contributed by atoms with Crippen molar-refractivity contribution in [2.45, 2.75) is 0 Å². The van der Waals surface area contributed by atoms with Crippen LogP contribution >= 0.6 is 0 Å². The Kier molecular flexibility index (Phi) is 3.50. The summed E-state index contributed by atoms with van der Waals surface area (Å²) < 4.78 is 11.0. The molecule has 0 aliphatic rings. The van der Waals surface area contributed by atoms with E-state index in [1.165, 1.54) is 18.6 Å². The maximum atomic E-state index is 13.1. The first-order valence-corrected chi connectivity index (χ1v) is 7.82. The molecule has 2 heterocycles. The van der Waals surface area contributed by atoms with Gasteiger partial charge in [-0.2, -0.15) is 0 Å². The van der Waals surface area contributed by atoms with Gasteiger partial charge in [0.1, 0.15) is 11.2 Å². The molecule has 0 aliphatic carbocycles. The van der Waals surface area contributed by atoms with E-state index in [9.17, 15) is 14.4 Å². The van der Waals surface area contributed by atoms with Crippen molar-refractivity contribution >= 4 is 39.4 Å². The number of hydrogen-bond acceptors (Lipinski definition) is 5. The number of imidazole rings is 1. The highest BCUT2D eigenvalue weighted by molar-refractivity contribution is 6.10. The predicted molar refractivity (Wildman–Crippen MR) is 95.7 cm³/mol. The molecular formula is C19H14N2O5. The number of pyridine rings is 1. The van der Waals surface area contributed by atoms with Crippen molar-refractivity contribution < 1.29 is 19.1 Å². The van der Waals surface area contributed by atoms with Crippen LogP contribution in [0.25, 0.3) is 27.5 Å². The van der Waals surface area contributed by atoms with Crippen LogP contribution in [0.3, 0.4) is 0 Å². The number of aromatic amines is 1. The van der Waals surface area contributed by atoms with E-state index in [1.807, 2.05) is 0 Å². The first-order valence-electron chi connectivity index (χ1n) is 7.82. The van der Waals surface area contributed by atoms with E-state index in [-0.39, 0.29) is 11.1 Å². The monoisotopic (exact) mass is 350 g/mol. The van der Waals surface area contributed by atoms with Crippen LogP contribution in [-0.4, -0.2) is 35.5 Å². The SMILES string of the molecule is COC(=O)c1ccc2[nH]c3c(C(=O)OC)c4ccccc4c(=O)n3c2c1. The molecule has 1 N–H and O–H groups in total. The Hall–Kier alpha value is -3.61. The van der Waals surface area contributed by atoms with Gasteiger partial charge in [0.15, 0.2) is 0 Å². The highest BCUT2D eigenvalue weighted by atomic mass is 16.5. The summed E-state index contributed by atoms with van der Waals surface area (Å²) in [5.74, 6) is -1.07. The molecule has 4 aromatic rings. The van der Waals surface area contributed by atoms with Gasteiger partial charge in [0.2, 0.25) is 0 Å². The van der Waals surface area contributed by atoms with Gasteiger partial charge in [-0.25, -0.2) is 9.59 Å². The van der Waals surface area contributed by atoms with Crippen LogP contribution < -0.4 is 5.56 Å². The summed E-state index contributed by atoms with van der Waals surface area (Å²) in [6, 6.07) is 11.6. The van der Waals surface area contributed by atoms with Crippen molar-refractivity contribution in [3.8, 4) is 0 Å². The van der Waals surface area contributed by atoms with Gasteiger partial charge in [-0.15, -0.1) is 0 Å². The van der Waals surface area contributed by atoms with E-state index >= 15 is 0 Å². The van der Waals surface area contributed by atoms with Crippen LogP contribution in [0.2, 0.25) is 0 Å². The zero-order chi connectivity index (χ0) is 18.4. The second-order valence-electron chi connectivity index (χ2n) is 5.75. The lowest BCUT2D eigenvalue weighted by Gasteiger charge is -2.07. The molecule has 0 radical (unpaired) electrons. The summed E-state index contributed by atoms with van der Waals surface area (Å²) in [6.07, 6.45) is 0. The summed E-state index contributed by atoms with van der Waals surface area (Å²) in [5, 5.41) is 0.888. The number of aromatic nitrogens is 2. The first kappa shape index (κ1) is 15.9. The van der Waals surface area contributed by atoms with Crippen LogP contribution in [0.4, 0.5) is 0 Å². The van der Waals surface area contributed by atoms with Crippen molar-refractivity contribution in [1.82, 2.24) is 9.38 Å². The number of nitrogens with zero attached hydrogens (tertiary/aromatic N) is 1. The maximum Gasteiger partial charge on any atom is 0.342 e. The molecule has 0 saturated heterocycles. The number of carbonyl (C=O) groups excluding carboxylic acids is 2. The van der Waals surface area contributed by atoms with Crippen molar-refractivity contribution in [3.63, 3.8) is 0 Å². The second kappa shape index (κ2) is 5.73. The Morgan fingerprint density at radius 2 is 1.65 bits per heavy atom. The molecule has 130 valence electrons. The number of ether oxygens (including phenoxy) is 2. The fourth-order valence-corrected chi connectivity index (χ4v) is 3.20. The minimum Gasteiger partial charge on any atom is -0.465 e. The Balaban J connectivity index is 2.24. The Morgan fingerprint density at radius 1 is 0.962 bits per heavy atom. The highest BCUT2D eigenvalue weighted by Crippen LogP contribution is 2.25. The number of methoxy groups -OCH3 is 2. The summed E-state index contributed by atoms with van der Waals surface area (Å²) >= 11 is 0. The highest BCUT2D eigenvalue weighted by Gasteiger charge is 2.21. The van der Waals surface area contributed by atoms with Crippen molar-refractivity contribution in [3.05, 3.63) is 63.9 Å². The predicted octanol–water partition coefficient (Wildman–Crippen LogP) is 2.51. The van der Waals surface area contributed by atoms with E-state index in [0.29, 0.717) is 33.0 Å². The number of carbonyl (C=O) groups is 2. The largest absolute Gasteiger partial charge is 0.465 e. The van der Waals surface area contributed by atoms with Gasteiger partial charge in [-0.05, 0) is 24.3 Å². The van der Waals surface area contributed by atoms with Crippen LogP contribution in [0.5, 0.6) is 0 Å². The lowest BCUT2D eigenvalue weighted by Crippen LogP contribution is -2.17. The molecule has 0 unspecified atom stereocenters. The quantitative estimate of drug-likeness (QED) is 0.561. The zero-order valence-electron chi connectivity index (χ0n) is 14.0. The molecule has 0 amide bonds. The van der Waals surface area contributed by atoms with Gasteiger partial charge in [0.25, 0.3) is 5.56 Å². The average molecular weight is 350 g/mol. The average Bonchev–Trinajstić information content (AvgIpc) is 3.05. The fraction of sp³-hybridized carbons (Fsp3) is 0.105. The van der Waals surface area contributed by atoms with Crippen LogP contribution in [-0.2, 0) is 9.47 Å². The van der Waals surface area contributed by atoms with E-state index < -0.39 is 11.9 Å². The summed E-state index contributed by atoms with van der Waals surface area (Å²) in [7, 11) is 2.58. The van der Waals surface area contributed by atoms with Crippen LogP contribution in [0.1, 0.15) is 20.7 Å². The molecule has 0 bridgehead atoms. The van der Waals surface area contributed by atoms with Gasteiger partial charge in [0, 0.05) is 10.8 Å². The number of rotatable bonds is 2. The van der Waals surface area contributed by atoms with E-state index in [1.54, 1.807) is 42.5 Å². The topological polar surface area (TPSA) is 89.9 Å². The molecule has 4 rings (SSSR count). The normalized spacial score (nSPS) is 11.2. The molecule has 0 atom stereocenters. The Bertz CT molecular complexity index is 1270. The molecule has 2 aromatic heterocycles. The molecule has 0 saturated carbocycles. The first-order chi connectivity index (χ1) is 12.6. The third-order valence-corrected chi connectivity index (χ3v) is 4.39. The molecule has 2 aromatic carbocycles. The molecule has 7 nitrogen and oxygen atoms in total. The molecule has 0 spiro atoms. The molecule has 0 aliphatic heterocycles. The third-order valence-electron chi connectivity index (χ3n) is 4.39. The van der Waals surface area contributed by atoms with Gasteiger partial charge < -0.3 is 14.5 Å². The minimum atomic E-state index is -0.557. The van der Waals surface area contributed by atoms with Gasteiger partial charge in [-0.1, -0.05) is 18.2 Å². The van der Waals surface area contributed by atoms with Crippen molar-refractivity contribution in [2.24, 2.45) is 0 Å². The van der Waals surface area contributed by atoms with Gasteiger partial charge in [0.05, 0.1) is 30.8 Å². The number of H-pyrrole nitrogens is 1. The molecular weight excluding hydrogens is 336 g/mol. The smallest absolute Gasteiger partial charge is 0.342 e. The second-order valence-corrected chi connectivity index (χ2v) is 5.75. The maximum absolute atomic E-state index is 13.1. The van der Waals surface area contributed by atoms with Gasteiger partial charge in [-0.3, -0.25) is 9.20 Å². The number of fused-ring (bicyclic) bond motifs is 4. The van der Waals surface area contributed by atoms with Crippen LogP contribution in [0, 0.1) is 0 Å². The lowest BCUT2D eigenvalue weighted by molar-refractivity contribution is 0.0593. The number of benzene rings is 2. The van der Waals surface area contributed by atoms with E-state index in [0.717, 1.165) is 0 Å². The standard InChI is InChI=1S/C19H14N2O5/c1-25-18(23)10-7-8-13-14(9-10)21-16(20-13)15(19(24)26-2)11-5-3-4-6-12(11)17(21)22/h3-9,20H,1-2H3. The van der Waals surface area contributed by atoms with Crippen LogP contribution in [0.15, 0.2) is 47.3 Å². The molecule has 26 heavy (non-hydrogen) atoms. The zero-order valence-corrected chi connectivity index (χ0v) is 14.0. The van der Waals surface area contributed by atoms with E-state index in [2.05, 4.69) is 4.98 Å². The summed E-state index contributed by atoms with van der Waals surface area (Å²) in [4.78, 5) is 40.4. The number of hydrogen-bond donors (Lipinski definition) is 1. The Morgan fingerprint density at radius 3 is 2.35 bits per heavy atom. The lowest BCUT2D eigenvalue weighted by atomic mass is 10.1. The Labute approximate surface area is 146 Å².